The molecular formula is C45H51ClF6N4O4. The largest absolute Gasteiger partial charge is 0.444 e. The number of aryl methyl sites for hydroxylation is 2. The van der Waals surface area contributed by atoms with Gasteiger partial charge in [-0.15, -0.1) is 12.4 Å². The van der Waals surface area contributed by atoms with Gasteiger partial charge in [0.25, 0.3) is 0 Å². The van der Waals surface area contributed by atoms with Crippen LogP contribution in [0, 0.1) is 13.8 Å². The Morgan fingerprint density at radius 3 is 1.63 bits per heavy atom. The van der Waals surface area contributed by atoms with Crippen molar-refractivity contribution in [3.63, 3.8) is 0 Å². The number of likely N-dealkylation sites (tertiary alicyclic amines) is 1. The lowest BCUT2D eigenvalue weighted by molar-refractivity contribution is -0.138. The van der Waals surface area contributed by atoms with Crippen molar-refractivity contribution in [3.05, 3.63) is 118 Å². The van der Waals surface area contributed by atoms with Crippen LogP contribution in [0.15, 0.2) is 84.9 Å². The molecule has 60 heavy (non-hydrogen) atoms. The summed E-state index contributed by atoms with van der Waals surface area (Å²) in [4.78, 5) is 38.7. The van der Waals surface area contributed by atoms with Crippen molar-refractivity contribution < 1.29 is 45.5 Å². The summed E-state index contributed by atoms with van der Waals surface area (Å²) in [5.41, 5.74) is 2.98. The van der Waals surface area contributed by atoms with E-state index in [2.05, 4.69) is 16.0 Å². The van der Waals surface area contributed by atoms with Crippen LogP contribution >= 0.6 is 12.4 Å². The zero-order valence-corrected chi connectivity index (χ0v) is 35.0. The van der Waals surface area contributed by atoms with Crippen molar-refractivity contribution in [1.29, 1.82) is 0 Å². The molecule has 2 saturated heterocycles. The van der Waals surface area contributed by atoms with Crippen LogP contribution in [0.25, 0.3) is 22.3 Å². The zero-order chi connectivity index (χ0) is 43.1. The summed E-state index contributed by atoms with van der Waals surface area (Å²) in [6.45, 7) is 10.4. The van der Waals surface area contributed by atoms with Gasteiger partial charge in [-0.05, 0) is 148 Å². The molecule has 4 aromatic carbocycles. The number of carbonyl (C=O) groups is 3. The Kier molecular flexibility index (Phi) is 15.9. The Morgan fingerprint density at radius 1 is 0.683 bits per heavy atom. The second kappa shape index (κ2) is 20.0. The highest BCUT2D eigenvalue weighted by molar-refractivity contribution is 5.86. The van der Waals surface area contributed by atoms with Crippen LogP contribution in [0.1, 0.15) is 79.8 Å². The van der Waals surface area contributed by atoms with E-state index in [1.807, 2.05) is 12.1 Å². The molecule has 3 amide bonds. The number of amides is 3. The molecule has 3 N–H and O–H groups in total. The van der Waals surface area contributed by atoms with Gasteiger partial charge in [0, 0.05) is 19.6 Å². The van der Waals surface area contributed by atoms with Crippen molar-refractivity contribution in [1.82, 2.24) is 20.9 Å². The first-order chi connectivity index (χ1) is 27.7. The molecule has 2 atom stereocenters. The van der Waals surface area contributed by atoms with Crippen LogP contribution in [-0.2, 0) is 39.8 Å². The number of nitrogens with one attached hydrogen (secondary N) is 3. The van der Waals surface area contributed by atoms with Gasteiger partial charge in [-0.25, -0.2) is 4.79 Å². The van der Waals surface area contributed by atoms with E-state index < -0.39 is 41.2 Å². The predicted molar refractivity (Wildman–Crippen MR) is 221 cm³/mol. The second-order valence-electron chi connectivity index (χ2n) is 16.0. The number of alkyl halides is 6. The molecule has 0 aromatic heterocycles. The van der Waals surface area contributed by atoms with Gasteiger partial charge >= 0.3 is 18.4 Å². The summed E-state index contributed by atoms with van der Waals surface area (Å²) in [6, 6.07) is 21.5. The highest BCUT2D eigenvalue weighted by atomic mass is 35.5. The lowest BCUT2D eigenvalue weighted by Gasteiger charge is -2.28. The smallest absolute Gasteiger partial charge is 0.416 e. The normalized spacial score (nSPS) is 16.6. The van der Waals surface area contributed by atoms with E-state index in [0.29, 0.717) is 59.3 Å². The van der Waals surface area contributed by atoms with Gasteiger partial charge in [-0.1, -0.05) is 48.5 Å². The maximum absolute atomic E-state index is 13.2. The van der Waals surface area contributed by atoms with Gasteiger partial charge in [0.15, 0.2) is 0 Å². The predicted octanol–water partition coefficient (Wildman–Crippen LogP) is 10.2. The number of carbonyl (C=O) groups excluding carboxylic acids is 3. The Bertz CT molecular complexity index is 2130. The first-order valence-corrected chi connectivity index (χ1v) is 19.5. The van der Waals surface area contributed by atoms with Crippen molar-refractivity contribution in [3.8, 4) is 22.3 Å². The van der Waals surface area contributed by atoms with E-state index in [-0.39, 0.29) is 36.8 Å². The lowest BCUT2D eigenvalue weighted by Crippen LogP contribution is -2.47. The molecule has 4 aromatic rings. The molecule has 6 rings (SSSR count). The Morgan fingerprint density at radius 2 is 1.18 bits per heavy atom. The van der Waals surface area contributed by atoms with Gasteiger partial charge in [0.2, 0.25) is 11.8 Å². The van der Waals surface area contributed by atoms with E-state index in [0.717, 1.165) is 54.8 Å². The fraction of sp³-hybridized carbons (Fsp3) is 0.400. The quantitative estimate of drug-likeness (QED) is 0.153. The average molecular weight is 861 g/mol. The first-order valence-electron chi connectivity index (χ1n) is 19.5. The molecule has 2 aliphatic rings. The Hall–Kier alpha value is -5.08. The molecule has 15 heteroatoms. The summed E-state index contributed by atoms with van der Waals surface area (Å²) in [5.74, 6) is -0.318. The van der Waals surface area contributed by atoms with Gasteiger partial charge in [-0.2, -0.15) is 26.3 Å². The van der Waals surface area contributed by atoms with Crippen LogP contribution in [0.2, 0.25) is 0 Å². The summed E-state index contributed by atoms with van der Waals surface area (Å²) < 4.78 is 84.1. The number of hydrogen-bond acceptors (Lipinski definition) is 5. The molecular weight excluding hydrogens is 810 g/mol. The second-order valence-corrected chi connectivity index (χ2v) is 16.0. The number of ether oxygens (including phenoxy) is 1. The van der Waals surface area contributed by atoms with E-state index in [1.54, 1.807) is 83.1 Å². The number of benzene rings is 4. The van der Waals surface area contributed by atoms with Crippen molar-refractivity contribution in [2.75, 3.05) is 13.1 Å². The molecule has 2 aliphatic heterocycles. The van der Waals surface area contributed by atoms with Crippen molar-refractivity contribution in [2.24, 2.45) is 0 Å². The minimum Gasteiger partial charge on any atom is -0.444 e. The highest BCUT2D eigenvalue weighted by Gasteiger charge is 2.37. The van der Waals surface area contributed by atoms with E-state index in [9.17, 15) is 40.7 Å². The van der Waals surface area contributed by atoms with E-state index >= 15 is 0 Å². The summed E-state index contributed by atoms with van der Waals surface area (Å²) >= 11 is 0. The van der Waals surface area contributed by atoms with Crippen LogP contribution in [0.3, 0.4) is 0 Å². The molecule has 0 spiro atoms. The molecule has 2 fully saturated rings. The van der Waals surface area contributed by atoms with Gasteiger partial charge in [0.1, 0.15) is 11.6 Å². The molecule has 0 aliphatic carbocycles. The lowest BCUT2D eigenvalue weighted by atomic mass is 9.98. The van der Waals surface area contributed by atoms with Gasteiger partial charge in [0.05, 0.1) is 17.2 Å². The first kappa shape index (κ1) is 47.6. The van der Waals surface area contributed by atoms with E-state index in [4.69, 9.17) is 4.74 Å². The zero-order valence-electron chi connectivity index (χ0n) is 34.2. The maximum atomic E-state index is 13.2. The summed E-state index contributed by atoms with van der Waals surface area (Å²) in [6.07, 6.45) is -6.23. The molecule has 0 radical (unpaired) electrons. The van der Waals surface area contributed by atoms with Crippen molar-refractivity contribution in [2.45, 2.75) is 103 Å². The van der Waals surface area contributed by atoms with Crippen LogP contribution < -0.4 is 16.0 Å². The Balaban J connectivity index is 0.000000267. The number of nitrogens with zero attached hydrogens (tertiary/aromatic N) is 1. The van der Waals surface area contributed by atoms with Crippen LogP contribution in [0.5, 0.6) is 0 Å². The molecule has 8 nitrogen and oxygen atoms in total. The fourth-order valence-electron chi connectivity index (χ4n) is 7.05. The third kappa shape index (κ3) is 13.5. The minimum absolute atomic E-state index is 0. The van der Waals surface area contributed by atoms with Crippen LogP contribution in [-0.4, -0.2) is 53.6 Å². The standard InChI is InChI=1S/C25H29F3N2O3.C20H21F3N2O.ClH/c1-16-11-19(14-20(12-16)25(26,27)28)18-8-5-7-17(13-18)15-29-22(31)21-9-6-10-30(21)23(32)33-24(2,3)4;1-13-8-16(11-17(9-13)20(21,22)23)15-5-2-4-14(10-15)12-25-19(26)18-6-3-7-24-18;/h5,7-8,11-14,21H,6,9-10,15H2,1-4H3,(H,29,31);2,4-5,8-11,18,24H,3,6-7,12H2,1H3,(H,25,26);1H/t21-;18-;/m00./s1. The number of hydrogen-bond donors (Lipinski definition) is 3. The number of rotatable bonds is 8. The Labute approximate surface area is 352 Å². The highest BCUT2D eigenvalue weighted by Crippen LogP contribution is 2.35. The summed E-state index contributed by atoms with van der Waals surface area (Å²) in [7, 11) is 0. The topological polar surface area (TPSA) is 99.8 Å². The number of halogens is 7. The monoisotopic (exact) mass is 860 g/mol. The van der Waals surface area contributed by atoms with Crippen molar-refractivity contribution >= 4 is 30.3 Å². The average Bonchev–Trinajstić information content (AvgIpc) is 3.89. The molecule has 0 bridgehead atoms. The molecule has 2 heterocycles. The molecule has 324 valence electrons. The third-order valence-electron chi connectivity index (χ3n) is 9.82. The van der Waals surface area contributed by atoms with E-state index in [1.165, 1.54) is 4.90 Å². The minimum atomic E-state index is -4.42. The van der Waals surface area contributed by atoms with Gasteiger partial charge < -0.3 is 20.7 Å². The maximum Gasteiger partial charge on any atom is 0.416 e. The molecule has 0 saturated carbocycles. The van der Waals surface area contributed by atoms with Gasteiger partial charge in [-0.3, -0.25) is 14.5 Å². The van der Waals surface area contributed by atoms with Crippen LogP contribution in [0.4, 0.5) is 31.1 Å². The molecule has 0 unspecified atom stereocenters. The third-order valence-corrected chi connectivity index (χ3v) is 9.82. The fourth-order valence-corrected chi connectivity index (χ4v) is 7.05. The summed E-state index contributed by atoms with van der Waals surface area (Å²) in [5, 5.41) is 8.87. The SMILES string of the molecule is Cc1cc(-c2cccc(CNC(=O)[C@@H]3CCCN3)c2)cc(C(F)(F)F)c1.Cc1cc(-c2cccc(CNC(=O)[C@@H]3CCCN3C(=O)OC(C)(C)C)c2)cc(C(F)(F)F)c1.Cl.